The molecular weight excluding hydrogens is 504 g/mol. The van der Waals surface area contributed by atoms with Crippen molar-refractivity contribution in [3.63, 3.8) is 0 Å². The summed E-state index contributed by atoms with van der Waals surface area (Å²) < 4.78 is 107. The normalized spacial score (nSPS) is 12.8. The third kappa shape index (κ3) is 5.91. The van der Waals surface area contributed by atoms with E-state index in [2.05, 4.69) is 10.6 Å². The van der Waals surface area contributed by atoms with E-state index in [0.717, 1.165) is 54.1 Å². The number of sulfonamides is 1. The number of rotatable bonds is 7. The van der Waals surface area contributed by atoms with Gasteiger partial charge >= 0.3 is 12.4 Å². The maximum Gasteiger partial charge on any atom is 0.416 e. The van der Waals surface area contributed by atoms with Crippen LogP contribution in [0.2, 0.25) is 0 Å². The van der Waals surface area contributed by atoms with Crippen LogP contribution in [0.15, 0.2) is 77.7 Å². The first kappa shape index (κ1) is 27.3. The molecule has 0 radical (unpaired) electrons. The van der Waals surface area contributed by atoms with Gasteiger partial charge < -0.3 is 0 Å². The highest BCUT2D eigenvalue weighted by atomic mass is 32.2. The van der Waals surface area contributed by atoms with Gasteiger partial charge in [0, 0.05) is 18.4 Å². The molecule has 3 aromatic rings. The van der Waals surface area contributed by atoms with E-state index in [4.69, 9.17) is 6.42 Å². The molecule has 3 nitrogen and oxygen atoms in total. The Labute approximate surface area is 205 Å². The third-order valence-electron chi connectivity index (χ3n) is 5.83. The van der Waals surface area contributed by atoms with E-state index in [1.807, 2.05) is 0 Å². The lowest BCUT2D eigenvalue weighted by molar-refractivity contribution is -0.138. The molecule has 0 fully saturated rings. The highest BCUT2D eigenvalue weighted by molar-refractivity contribution is 7.89. The Morgan fingerprint density at radius 1 is 0.722 bits per heavy atom. The highest BCUT2D eigenvalue weighted by Crippen LogP contribution is 2.39. The summed E-state index contributed by atoms with van der Waals surface area (Å²) in [4.78, 5) is -0.0532. The number of halogens is 6. The van der Waals surface area contributed by atoms with Crippen molar-refractivity contribution in [2.45, 2.75) is 36.0 Å². The van der Waals surface area contributed by atoms with Gasteiger partial charge in [-0.3, -0.25) is 0 Å². The smallest absolute Gasteiger partial charge is 0.210 e. The molecule has 190 valence electrons. The van der Waals surface area contributed by atoms with Crippen LogP contribution in [0.1, 0.15) is 34.2 Å². The summed E-state index contributed by atoms with van der Waals surface area (Å²) in [5.41, 5.74) is -2.09. The number of hydrogen-bond donors (Lipinski definition) is 1. The fourth-order valence-corrected chi connectivity index (χ4v) is 4.88. The molecule has 0 spiro atoms. The van der Waals surface area contributed by atoms with Crippen LogP contribution in [0.3, 0.4) is 0 Å². The molecule has 36 heavy (non-hydrogen) atoms. The molecule has 0 aliphatic carbocycles. The van der Waals surface area contributed by atoms with Gasteiger partial charge in [0.15, 0.2) is 0 Å². The quantitative estimate of drug-likeness (QED) is 0.290. The van der Waals surface area contributed by atoms with E-state index in [1.165, 1.54) is 12.1 Å². The first-order valence-corrected chi connectivity index (χ1v) is 12.0. The maximum absolute atomic E-state index is 13.1. The van der Waals surface area contributed by atoms with Gasteiger partial charge in [-0.25, -0.2) is 13.1 Å². The molecule has 1 N–H and O–H groups in total. The molecule has 0 aliphatic heterocycles. The van der Waals surface area contributed by atoms with E-state index in [-0.39, 0.29) is 22.4 Å². The van der Waals surface area contributed by atoms with Crippen molar-refractivity contribution in [1.82, 2.24) is 4.72 Å². The second kappa shape index (κ2) is 9.99. The Hall–Kier alpha value is -3.29. The standard InChI is InChI=1S/C26H21F6NO2S/c1-3-16-24(19-6-10-21(11-7-19)25(27,28)29,20-8-12-22(13-9-20)26(30,31)32)17-33-36(34,35)23-14-4-18(2)5-15-23/h1,4-15,33H,16-17H2,2H3. The summed E-state index contributed by atoms with van der Waals surface area (Å²) >= 11 is 0. The van der Waals surface area contributed by atoms with Gasteiger partial charge in [-0.2, -0.15) is 26.3 Å². The van der Waals surface area contributed by atoms with Crippen molar-refractivity contribution in [3.8, 4) is 12.3 Å². The van der Waals surface area contributed by atoms with Gasteiger partial charge in [0.1, 0.15) is 0 Å². The number of aryl methyl sites for hydroxylation is 1. The lowest BCUT2D eigenvalue weighted by Gasteiger charge is -2.34. The molecule has 0 heterocycles. The van der Waals surface area contributed by atoms with Gasteiger partial charge in [-0.15, -0.1) is 12.3 Å². The summed E-state index contributed by atoms with van der Waals surface area (Å²) in [6.45, 7) is 1.36. The maximum atomic E-state index is 13.1. The molecule has 3 aromatic carbocycles. The molecule has 0 atom stereocenters. The second-order valence-corrected chi connectivity index (χ2v) is 10.0. The molecule has 0 saturated heterocycles. The molecule has 0 saturated carbocycles. The molecule has 0 aliphatic rings. The predicted molar refractivity (Wildman–Crippen MR) is 123 cm³/mol. The van der Waals surface area contributed by atoms with Gasteiger partial charge in [0.05, 0.1) is 16.0 Å². The van der Waals surface area contributed by atoms with Crippen molar-refractivity contribution < 1.29 is 34.8 Å². The predicted octanol–water partition coefficient (Wildman–Crippen LogP) is 6.32. The van der Waals surface area contributed by atoms with Gasteiger partial charge in [-0.05, 0) is 54.4 Å². The lowest BCUT2D eigenvalue weighted by Crippen LogP contribution is -2.41. The zero-order valence-electron chi connectivity index (χ0n) is 18.9. The highest BCUT2D eigenvalue weighted by Gasteiger charge is 2.38. The Morgan fingerprint density at radius 3 is 1.47 bits per heavy atom. The summed E-state index contributed by atoms with van der Waals surface area (Å²) in [5.74, 6) is 2.40. The first-order valence-electron chi connectivity index (χ1n) is 10.5. The largest absolute Gasteiger partial charge is 0.416 e. The first-order chi connectivity index (χ1) is 16.7. The summed E-state index contributed by atoms with van der Waals surface area (Å²) in [5, 5.41) is 0. The van der Waals surface area contributed by atoms with Crippen molar-refractivity contribution in [1.29, 1.82) is 0 Å². The second-order valence-electron chi connectivity index (χ2n) is 8.25. The van der Waals surface area contributed by atoms with Crippen LogP contribution in [-0.4, -0.2) is 15.0 Å². The van der Waals surface area contributed by atoms with Gasteiger partial charge in [0.25, 0.3) is 0 Å². The molecule has 0 amide bonds. The molecule has 10 heteroatoms. The number of alkyl halides is 6. The average Bonchev–Trinajstić information content (AvgIpc) is 2.81. The Kier molecular flexibility index (Phi) is 7.58. The number of benzene rings is 3. The number of nitrogens with one attached hydrogen (secondary N) is 1. The van der Waals surface area contributed by atoms with Crippen LogP contribution >= 0.6 is 0 Å². The zero-order chi connectivity index (χ0) is 26.8. The van der Waals surface area contributed by atoms with Crippen LogP contribution in [-0.2, 0) is 27.8 Å². The Morgan fingerprint density at radius 2 is 1.11 bits per heavy atom. The van der Waals surface area contributed by atoms with Crippen molar-refractivity contribution in [2.24, 2.45) is 0 Å². The molecule has 0 bridgehead atoms. The van der Waals surface area contributed by atoms with Crippen LogP contribution in [0, 0.1) is 19.3 Å². The minimum Gasteiger partial charge on any atom is -0.210 e. The van der Waals surface area contributed by atoms with E-state index in [1.54, 1.807) is 19.1 Å². The van der Waals surface area contributed by atoms with E-state index < -0.39 is 45.5 Å². The van der Waals surface area contributed by atoms with Crippen molar-refractivity contribution in [3.05, 3.63) is 101 Å². The van der Waals surface area contributed by atoms with Crippen LogP contribution in [0.5, 0.6) is 0 Å². The summed E-state index contributed by atoms with van der Waals surface area (Å²) in [6, 6.07) is 13.8. The lowest BCUT2D eigenvalue weighted by atomic mass is 9.72. The fraction of sp³-hybridized carbons (Fsp3) is 0.231. The molecule has 0 unspecified atom stereocenters. The zero-order valence-corrected chi connectivity index (χ0v) is 19.7. The average molecular weight is 526 g/mol. The minimum atomic E-state index is -4.62. The number of terminal acetylenes is 1. The van der Waals surface area contributed by atoms with Crippen LogP contribution in [0.25, 0.3) is 0 Å². The Balaban J connectivity index is 2.12. The SMILES string of the molecule is C#CCC(CNS(=O)(=O)c1ccc(C)cc1)(c1ccc(C(F)(F)F)cc1)c1ccc(C(F)(F)F)cc1. The summed E-state index contributed by atoms with van der Waals surface area (Å²) in [6.07, 6.45) is -3.87. The van der Waals surface area contributed by atoms with Gasteiger partial charge in [0.2, 0.25) is 10.0 Å². The molecular formula is C26H21F6NO2S. The monoisotopic (exact) mass is 525 g/mol. The molecule has 0 aromatic heterocycles. The summed E-state index contributed by atoms with van der Waals surface area (Å²) in [7, 11) is -4.09. The fourth-order valence-electron chi connectivity index (χ4n) is 3.79. The van der Waals surface area contributed by atoms with Crippen molar-refractivity contribution in [2.75, 3.05) is 6.54 Å². The number of hydrogen-bond acceptors (Lipinski definition) is 2. The van der Waals surface area contributed by atoms with E-state index in [0.29, 0.717) is 0 Å². The third-order valence-corrected chi connectivity index (χ3v) is 7.25. The van der Waals surface area contributed by atoms with Crippen molar-refractivity contribution >= 4 is 10.0 Å². The van der Waals surface area contributed by atoms with E-state index >= 15 is 0 Å². The Bertz CT molecular complexity index is 1280. The van der Waals surface area contributed by atoms with Gasteiger partial charge in [-0.1, -0.05) is 42.0 Å². The molecule has 3 rings (SSSR count). The topological polar surface area (TPSA) is 46.2 Å². The van der Waals surface area contributed by atoms with Crippen LogP contribution < -0.4 is 4.72 Å². The minimum absolute atomic E-state index is 0.0532. The van der Waals surface area contributed by atoms with E-state index in [9.17, 15) is 34.8 Å². The van der Waals surface area contributed by atoms with Crippen LogP contribution in [0.4, 0.5) is 26.3 Å².